The van der Waals surface area contributed by atoms with Crippen molar-refractivity contribution in [3.05, 3.63) is 25.3 Å². The molecule has 0 aromatic carbocycles. The molecule has 2 N–H and O–H groups in total. The Balaban J connectivity index is 0.000000241. The van der Waals surface area contributed by atoms with Crippen molar-refractivity contribution >= 4 is 23.7 Å². The molecule has 2 amide bonds. The van der Waals surface area contributed by atoms with Gasteiger partial charge in [-0.1, -0.05) is 13.2 Å². The Morgan fingerprint density at radius 2 is 1.86 bits per heavy atom. The highest BCUT2D eigenvalue weighted by atomic mass is 16.6. The van der Waals surface area contributed by atoms with Crippen LogP contribution in [0.4, 0.5) is 0 Å². The Hall–Kier alpha value is -2.48. The third-order valence-electron chi connectivity index (χ3n) is 4.15. The number of aliphatic imine (C=N–C) groups is 1. The number of hydrogen-bond acceptors (Lipinski definition) is 6. The largest absolute Gasteiger partial charge is 0.406 e. The lowest BCUT2D eigenvalue weighted by Crippen LogP contribution is -2.52. The van der Waals surface area contributed by atoms with Gasteiger partial charge in [-0.15, -0.1) is 0 Å². The number of carbonyl (C=O) groups excluding carboxylic acids is 3. The van der Waals surface area contributed by atoms with Crippen molar-refractivity contribution < 1.29 is 19.1 Å². The summed E-state index contributed by atoms with van der Waals surface area (Å²) >= 11 is 0. The van der Waals surface area contributed by atoms with Gasteiger partial charge in [-0.2, -0.15) is 0 Å². The molecule has 3 aliphatic rings. The van der Waals surface area contributed by atoms with Crippen LogP contribution in [-0.2, 0) is 19.1 Å². The first-order valence-electron chi connectivity index (χ1n) is 9.27. The van der Waals surface area contributed by atoms with Crippen LogP contribution in [0.15, 0.2) is 30.3 Å². The van der Waals surface area contributed by atoms with Crippen LogP contribution in [0.2, 0.25) is 0 Å². The molecule has 0 bridgehead atoms. The second kappa shape index (κ2) is 9.14. The Morgan fingerprint density at radius 1 is 1.36 bits per heavy atom. The van der Waals surface area contributed by atoms with Crippen LogP contribution in [0, 0.1) is 0 Å². The van der Waals surface area contributed by atoms with E-state index in [2.05, 4.69) is 35.7 Å². The molecule has 3 rings (SSSR count). The number of nitrogens with zero attached hydrogens (tertiary/aromatic N) is 2. The lowest BCUT2D eigenvalue weighted by Gasteiger charge is -2.24. The number of nitrogens with one attached hydrogen (secondary N) is 2. The molecule has 28 heavy (non-hydrogen) atoms. The lowest BCUT2D eigenvalue weighted by atomic mass is 10.0. The highest BCUT2D eigenvalue weighted by Crippen LogP contribution is 2.21. The van der Waals surface area contributed by atoms with Crippen molar-refractivity contribution in [2.24, 2.45) is 4.99 Å². The second-order valence-corrected chi connectivity index (χ2v) is 8.04. The molecule has 0 spiro atoms. The van der Waals surface area contributed by atoms with E-state index in [1.54, 1.807) is 32.6 Å². The summed E-state index contributed by atoms with van der Waals surface area (Å²) in [6.45, 7) is 19.7. The number of esters is 1. The first-order chi connectivity index (χ1) is 12.8. The maximum absolute atomic E-state index is 11.8. The van der Waals surface area contributed by atoms with E-state index in [0.29, 0.717) is 11.9 Å². The van der Waals surface area contributed by atoms with Crippen molar-refractivity contribution in [2.45, 2.75) is 64.7 Å². The van der Waals surface area contributed by atoms with E-state index in [1.807, 2.05) is 6.92 Å². The van der Waals surface area contributed by atoms with E-state index >= 15 is 0 Å². The first kappa shape index (κ1) is 23.6. The number of carbonyl (C=O) groups is 3. The molecule has 2 atom stereocenters. The average molecular weight is 393 g/mol. The Kier molecular flexibility index (Phi) is 7.69. The quantitative estimate of drug-likeness (QED) is 0.424. The fourth-order valence-electron chi connectivity index (χ4n) is 2.06. The van der Waals surface area contributed by atoms with Crippen LogP contribution in [0.5, 0.6) is 0 Å². The number of hydrogen-bond donors (Lipinski definition) is 2. The van der Waals surface area contributed by atoms with E-state index in [1.165, 1.54) is 18.7 Å². The van der Waals surface area contributed by atoms with Crippen LogP contribution in [0.1, 0.15) is 41.5 Å². The summed E-state index contributed by atoms with van der Waals surface area (Å²) in [5.41, 5.74) is -1.56. The van der Waals surface area contributed by atoms with Crippen LogP contribution in [0.3, 0.4) is 0 Å². The van der Waals surface area contributed by atoms with Crippen molar-refractivity contribution in [3.8, 4) is 0 Å². The molecule has 3 aliphatic heterocycles. The van der Waals surface area contributed by atoms with Gasteiger partial charge >= 0.3 is 5.97 Å². The van der Waals surface area contributed by atoms with Gasteiger partial charge in [0, 0.05) is 25.2 Å². The minimum Gasteiger partial charge on any atom is -0.406 e. The highest BCUT2D eigenvalue weighted by molar-refractivity contribution is 6.04. The minimum absolute atomic E-state index is 0.0415. The summed E-state index contributed by atoms with van der Waals surface area (Å²) in [6.07, 6.45) is 2.59. The molecule has 3 heterocycles. The van der Waals surface area contributed by atoms with E-state index < -0.39 is 11.1 Å². The van der Waals surface area contributed by atoms with Gasteiger partial charge in [-0.3, -0.25) is 9.59 Å². The zero-order valence-electron chi connectivity index (χ0n) is 17.7. The molecule has 2 saturated heterocycles. The highest BCUT2D eigenvalue weighted by Gasteiger charge is 2.42. The van der Waals surface area contributed by atoms with E-state index in [4.69, 9.17) is 4.74 Å². The predicted octanol–water partition coefficient (Wildman–Crippen LogP) is 1.18. The van der Waals surface area contributed by atoms with Gasteiger partial charge in [0.05, 0.1) is 0 Å². The van der Waals surface area contributed by atoms with Gasteiger partial charge in [0.25, 0.3) is 0 Å². The van der Waals surface area contributed by atoms with Gasteiger partial charge in [0.1, 0.15) is 5.54 Å². The lowest BCUT2D eigenvalue weighted by molar-refractivity contribution is -0.137. The number of cyclic esters (lactones) is 1. The van der Waals surface area contributed by atoms with E-state index in [0.717, 1.165) is 12.6 Å². The predicted molar refractivity (Wildman–Crippen MR) is 109 cm³/mol. The van der Waals surface area contributed by atoms with E-state index in [-0.39, 0.29) is 17.8 Å². The van der Waals surface area contributed by atoms with Crippen LogP contribution in [-0.4, -0.2) is 64.8 Å². The minimum atomic E-state index is -0.837. The summed E-state index contributed by atoms with van der Waals surface area (Å²) in [4.78, 5) is 39.4. The van der Waals surface area contributed by atoms with Gasteiger partial charge in [-0.05, 0) is 53.7 Å². The molecule has 8 nitrogen and oxygen atoms in total. The topological polar surface area (TPSA) is 110 Å². The van der Waals surface area contributed by atoms with Crippen molar-refractivity contribution in [3.63, 3.8) is 0 Å². The molecule has 0 aromatic heterocycles. The SMILES string of the molecule is C=CC(=O)NC(C)(C)C(=O)N1CC1C.C=CC1=NC(C)(C)C(=O)O1.CC1CN1. The van der Waals surface area contributed by atoms with Crippen LogP contribution >= 0.6 is 0 Å². The Labute approximate surface area is 167 Å². The zero-order valence-corrected chi connectivity index (χ0v) is 17.7. The third-order valence-corrected chi connectivity index (χ3v) is 4.15. The number of amides is 2. The normalized spacial score (nSPS) is 23.6. The second-order valence-electron chi connectivity index (χ2n) is 8.04. The maximum atomic E-state index is 11.8. The molecule has 0 aliphatic carbocycles. The molecule has 0 saturated carbocycles. The van der Waals surface area contributed by atoms with Crippen molar-refractivity contribution in [1.29, 1.82) is 0 Å². The van der Waals surface area contributed by atoms with Crippen molar-refractivity contribution in [2.75, 3.05) is 13.1 Å². The Morgan fingerprint density at radius 3 is 2.11 bits per heavy atom. The average Bonchev–Trinajstić information content (AvgIpc) is 3.51. The molecule has 2 fully saturated rings. The molecule has 2 unspecified atom stereocenters. The van der Waals surface area contributed by atoms with E-state index in [9.17, 15) is 14.4 Å². The van der Waals surface area contributed by atoms with Gasteiger partial charge in [-0.25, -0.2) is 9.79 Å². The standard InChI is InChI=1S/C10H16N2O2.C7H9NO2.C3H7N/c1-5-8(13)11-10(3,4)9(14)12-6-7(12)2;1-4-5-8-7(2,3)6(9)10-5;1-3-2-4-3/h5,7H,1,6H2,2-4H3,(H,11,13);4H,1H2,2-3H3;3-4H,2H2,1H3. The monoisotopic (exact) mass is 392 g/mol. The Bertz CT molecular complexity index is 678. The van der Waals surface area contributed by atoms with Crippen LogP contribution < -0.4 is 10.6 Å². The summed E-state index contributed by atoms with van der Waals surface area (Å²) in [5, 5.41) is 5.70. The first-order valence-corrected chi connectivity index (χ1v) is 9.27. The third kappa shape index (κ3) is 7.26. The molecular formula is C20H32N4O4. The maximum Gasteiger partial charge on any atom is 0.340 e. The summed E-state index contributed by atoms with van der Waals surface area (Å²) < 4.78 is 4.72. The summed E-state index contributed by atoms with van der Waals surface area (Å²) in [7, 11) is 0. The number of rotatable bonds is 4. The molecule has 0 aromatic rings. The van der Waals surface area contributed by atoms with Crippen LogP contribution in [0.25, 0.3) is 0 Å². The molecular weight excluding hydrogens is 360 g/mol. The summed E-state index contributed by atoms with van der Waals surface area (Å²) in [5.74, 6) is -0.365. The van der Waals surface area contributed by atoms with Gasteiger partial charge in [0.15, 0.2) is 5.54 Å². The fourth-order valence-corrected chi connectivity index (χ4v) is 2.06. The molecule has 0 radical (unpaired) electrons. The van der Waals surface area contributed by atoms with Crippen molar-refractivity contribution in [1.82, 2.24) is 15.5 Å². The zero-order chi connectivity index (χ0) is 21.7. The fraction of sp³-hybridized carbons (Fsp3) is 0.600. The number of ether oxygens (including phenoxy) is 1. The van der Waals surface area contributed by atoms with Gasteiger partial charge in [0.2, 0.25) is 17.7 Å². The smallest absolute Gasteiger partial charge is 0.340 e. The van der Waals surface area contributed by atoms with Gasteiger partial charge < -0.3 is 20.3 Å². The molecule has 8 heteroatoms. The molecule has 156 valence electrons. The summed E-state index contributed by atoms with van der Waals surface area (Å²) in [6, 6.07) is 1.14.